The van der Waals surface area contributed by atoms with Crippen LogP contribution in [-0.4, -0.2) is 21.3 Å². The second kappa shape index (κ2) is 6.23. The molecule has 5 nitrogen and oxygen atoms in total. The van der Waals surface area contributed by atoms with Gasteiger partial charge in [-0.05, 0) is 54.6 Å². The molecule has 6 heteroatoms. The zero-order valence-electron chi connectivity index (χ0n) is 11.9. The maximum absolute atomic E-state index is 12.9. The van der Waals surface area contributed by atoms with Gasteiger partial charge in [-0.2, -0.15) is 0 Å². The first kappa shape index (κ1) is 14.6. The molecule has 0 aliphatic rings. The van der Waals surface area contributed by atoms with E-state index in [4.69, 9.17) is 5.11 Å². The molecule has 0 radical (unpaired) electrons. The highest BCUT2D eigenvalue weighted by Crippen LogP contribution is 2.20. The molecule has 1 aromatic heterocycles. The molecule has 0 fully saturated rings. The van der Waals surface area contributed by atoms with Crippen LogP contribution in [0.4, 0.5) is 15.9 Å². The summed E-state index contributed by atoms with van der Waals surface area (Å²) in [5.74, 6) is -0.817. The first-order valence-electron chi connectivity index (χ1n) is 6.82. The Bertz CT molecular complexity index is 833. The number of rotatable bonds is 4. The second-order valence-corrected chi connectivity index (χ2v) is 4.82. The van der Waals surface area contributed by atoms with E-state index in [9.17, 15) is 9.18 Å². The number of carboxylic acid groups (broad SMARTS) is 1. The molecular formula is C17H12FN3O2. The van der Waals surface area contributed by atoms with Gasteiger partial charge in [0.1, 0.15) is 5.82 Å². The number of hydrogen-bond donors (Lipinski definition) is 2. The quantitative estimate of drug-likeness (QED) is 0.768. The molecule has 0 spiro atoms. The first-order valence-corrected chi connectivity index (χ1v) is 6.82. The summed E-state index contributed by atoms with van der Waals surface area (Å²) in [4.78, 5) is 10.9. The van der Waals surface area contributed by atoms with Crippen molar-refractivity contribution in [3.63, 3.8) is 0 Å². The van der Waals surface area contributed by atoms with Gasteiger partial charge in [-0.3, -0.25) is 0 Å². The zero-order chi connectivity index (χ0) is 16.2. The van der Waals surface area contributed by atoms with Crippen LogP contribution in [0.3, 0.4) is 0 Å². The highest BCUT2D eigenvalue weighted by molar-refractivity contribution is 5.89. The Labute approximate surface area is 131 Å². The third kappa shape index (κ3) is 3.49. The maximum atomic E-state index is 12.9. The van der Waals surface area contributed by atoms with Crippen molar-refractivity contribution < 1.29 is 14.3 Å². The molecule has 0 bridgehead atoms. The van der Waals surface area contributed by atoms with Crippen LogP contribution < -0.4 is 5.32 Å². The predicted octanol–water partition coefficient (Wildman–Crippen LogP) is 3.72. The third-order valence-electron chi connectivity index (χ3n) is 3.19. The molecule has 2 aromatic carbocycles. The highest BCUT2D eigenvalue weighted by atomic mass is 19.1. The van der Waals surface area contributed by atoms with Crippen LogP contribution >= 0.6 is 0 Å². The van der Waals surface area contributed by atoms with Crippen molar-refractivity contribution in [2.24, 2.45) is 0 Å². The molecule has 0 amide bonds. The fourth-order valence-corrected chi connectivity index (χ4v) is 2.05. The van der Waals surface area contributed by atoms with Gasteiger partial charge < -0.3 is 10.4 Å². The number of nitrogens with zero attached hydrogens (tertiary/aromatic N) is 2. The van der Waals surface area contributed by atoms with Gasteiger partial charge in [-0.15, -0.1) is 10.2 Å². The third-order valence-corrected chi connectivity index (χ3v) is 3.19. The van der Waals surface area contributed by atoms with E-state index in [1.165, 1.54) is 24.3 Å². The number of anilines is 2. The fourth-order valence-electron chi connectivity index (χ4n) is 2.05. The standard InChI is InChI=1S/C17H12FN3O2/c18-13-6-4-11(5-7-13)15-8-9-16(21-20-15)19-14-3-1-2-12(10-14)17(22)23/h1-10H,(H,19,21)(H,22,23). The Morgan fingerprint density at radius 1 is 1.00 bits per heavy atom. The number of benzene rings is 2. The Morgan fingerprint density at radius 3 is 2.43 bits per heavy atom. The van der Waals surface area contributed by atoms with E-state index < -0.39 is 5.97 Å². The van der Waals surface area contributed by atoms with Gasteiger partial charge in [0.25, 0.3) is 0 Å². The smallest absolute Gasteiger partial charge is 0.335 e. The van der Waals surface area contributed by atoms with E-state index in [2.05, 4.69) is 15.5 Å². The Balaban J connectivity index is 1.78. The summed E-state index contributed by atoms with van der Waals surface area (Å²) < 4.78 is 12.9. The molecule has 0 saturated carbocycles. The molecule has 0 atom stereocenters. The molecular weight excluding hydrogens is 297 g/mol. The van der Waals surface area contributed by atoms with Gasteiger partial charge in [-0.1, -0.05) is 6.07 Å². The minimum absolute atomic E-state index is 0.186. The van der Waals surface area contributed by atoms with Crippen LogP contribution in [0.15, 0.2) is 60.7 Å². The second-order valence-electron chi connectivity index (χ2n) is 4.82. The van der Waals surface area contributed by atoms with E-state index in [1.54, 1.807) is 36.4 Å². The van der Waals surface area contributed by atoms with E-state index in [-0.39, 0.29) is 11.4 Å². The molecule has 0 aliphatic heterocycles. The number of aromatic nitrogens is 2. The van der Waals surface area contributed by atoms with Gasteiger partial charge in [0.05, 0.1) is 11.3 Å². The van der Waals surface area contributed by atoms with E-state index in [0.29, 0.717) is 17.2 Å². The van der Waals surface area contributed by atoms with E-state index in [1.807, 2.05) is 0 Å². The largest absolute Gasteiger partial charge is 0.478 e. The van der Waals surface area contributed by atoms with Crippen LogP contribution in [0.1, 0.15) is 10.4 Å². The maximum Gasteiger partial charge on any atom is 0.335 e. The summed E-state index contributed by atoms with van der Waals surface area (Å²) >= 11 is 0. The molecule has 0 aliphatic carbocycles. The number of halogens is 1. The lowest BCUT2D eigenvalue weighted by Crippen LogP contribution is -1.99. The van der Waals surface area contributed by atoms with Crippen LogP contribution in [0.5, 0.6) is 0 Å². The Hall–Kier alpha value is -3.28. The summed E-state index contributed by atoms with van der Waals surface area (Å²) in [6.07, 6.45) is 0. The van der Waals surface area contributed by atoms with Gasteiger partial charge in [-0.25, -0.2) is 9.18 Å². The van der Waals surface area contributed by atoms with Crippen molar-refractivity contribution in [3.8, 4) is 11.3 Å². The molecule has 2 N–H and O–H groups in total. The summed E-state index contributed by atoms with van der Waals surface area (Å²) in [6.45, 7) is 0. The predicted molar refractivity (Wildman–Crippen MR) is 84.1 cm³/mol. The first-order chi connectivity index (χ1) is 11.1. The number of carbonyl (C=O) groups is 1. The van der Waals surface area contributed by atoms with E-state index in [0.717, 1.165) is 5.56 Å². The van der Waals surface area contributed by atoms with Crippen molar-refractivity contribution in [1.29, 1.82) is 0 Å². The number of nitrogens with one attached hydrogen (secondary N) is 1. The lowest BCUT2D eigenvalue weighted by atomic mass is 10.1. The van der Waals surface area contributed by atoms with Crippen LogP contribution in [0, 0.1) is 5.82 Å². The number of aromatic carboxylic acids is 1. The molecule has 3 aromatic rings. The molecule has 23 heavy (non-hydrogen) atoms. The van der Waals surface area contributed by atoms with Gasteiger partial charge in [0.2, 0.25) is 0 Å². The molecule has 3 rings (SSSR count). The van der Waals surface area contributed by atoms with Crippen LogP contribution in [0.2, 0.25) is 0 Å². The summed E-state index contributed by atoms with van der Waals surface area (Å²) in [6, 6.07) is 15.9. The van der Waals surface area contributed by atoms with Crippen molar-refractivity contribution in [1.82, 2.24) is 10.2 Å². The molecule has 0 unspecified atom stereocenters. The van der Waals surface area contributed by atoms with Crippen molar-refractivity contribution in [2.75, 3.05) is 5.32 Å². The van der Waals surface area contributed by atoms with Crippen molar-refractivity contribution >= 4 is 17.5 Å². The van der Waals surface area contributed by atoms with Crippen LogP contribution in [-0.2, 0) is 0 Å². The lowest BCUT2D eigenvalue weighted by molar-refractivity contribution is 0.0697. The average Bonchev–Trinajstić information content (AvgIpc) is 2.57. The van der Waals surface area contributed by atoms with Crippen molar-refractivity contribution in [2.45, 2.75) is 0 Å². The normalized spacial score (nSPS) is 10.3. The molecule has 1 heterocycles. The zero-order valence-corrected chi connectivity index (χ0v) is 11.9. The van der Waals surface area contributed by atoms with Gasteiger partial charge in [0, 0.05) is 11.3 Å². The molecule has 0 saturated heterocycles. The number of hydrogen-bond acceptors (Lipinski definition) is 4. The van der Waals surface area contributed by atoms with E-state index >= 15 is 0 Å². The van der Waals surface area contributed by atoms with Crippen molar-refractivity contribution in [3.05, 3.63) is 72.0 Å². The minimum Gasteiger partial charge on any atom is -0.478 e. The SMILES string of the molecule is O=C(O)c1cccc(Nc2ccc(-c3ccc(F)cc3)nn2)c1. The van der Waals surface area contributed by atoms with Gasteiger partial charge in [0.15, 0.2) is 5.82 Å². The minimum atomic E-state index is -0.994. The topological polar surface area (TPSA) is 75.1 Å². The summed E-state index contributed by atoms with van der Waals surface area (Å²) in [5, 5.41) is 20.1. The molecule has 114 valence electrons. The monoisotopic (exact) mass is 309 g/mol. The van der Waals surface area contributed by atoms with Gasteiger partial charge >= 0.3 is 5.97 Å². The summed E-state index contributed by atoms with van der Waals surface area (Å²) in [7, 11) is 0. The fraction of sp³-hybridized carbons (Fsp3) is 0. The average molecular weight is 309 g/mol. The Kier molecular flexibility index (Phi) is 3.97. The summed E-state index contributed by atoms with van der Waals surface area (Å²) in [5.41, 5.74) is 2.17. The highest BCUT2D eigenvalue weighted by Gasteiger charge is 2.05. The number of carboxylic acids is 1. The lowest BCUT2D eigenvalue weighted by Gasteiger charge is -2.06. The van der Waals surface area contributed by atoms with Crippen LogP contribution in [0.25, 0.3) is 11.3 Å². The Morgan fingerprint density at radius 2 is 1.78 bits per heavy atom.